The highest BCUT2D eigenvalue weighted by molar-refractivity contribution is 5.80. The van der Waals surface area contributed by atoms with Crippen LogP contribution in [0.15, 0.2) is 29.3 Å². The Bertz CT molecular complexity index is 718. The highest BCUT2D eigenvalue weighted by Gasteiger charge is 2.27. The zero-order valence-corrected chi connectivity index (χ0v) is 16.6. The molecule has 2 rings (SSSR count). The summed E-state index contributed by atoms with van der Waals surface area (Å²) >= 11 is 0. The lowest BCUT2D eigenvalue weighted by molar-refractivity contribution is 0.0193. The Labute approximate surface area is 161 Å². The monoisotopic (exact) mass is 371 g/mol. The third kappa shape index (κ3) is 6.81. The lowest BCUT2D eigenvalue weighted by atomic mass is 10.1. The Balaban J connectivity index is 1.88. The van der Waals surface area contributed by atoms with Crippen molar-refractivity contribution in [2.45, 2.75) is 51.8 Å². The van der Waals surface area contributed by atoms with Gasteiger partial charge in [0, 0.05) is 32.7 Å². The average Bonchev–Trinajstić information content (AvgIpc) is 2.64. The van der Waals surface area contributed by atoms with Crippen LogP contribution in [0.3, 0.4) is 0 Å². The van der Waals surface area contributed by atoms with Gasteiger partial charge < -0.3 is 20.3 Å². The number of hydrogen-bond acceptors (Lipinski definition) is 4. The lowest BCUT2D eigenvalue weighted by Crippen LogP contribution is -2.53. The van der Waals surface area contributed by atoms with Crippen LogP contribution in [0.1, 0.15) is 44.7 Å². The van der Waals surface area contributed by atoms with Crippen molar-refractivity contribution in [2.24, 2.45) is 4.99 Å². The Kier molecular flexibility index (Phi) is 7.05. The summed E-state index contributed by atoms with van der Waals surface area (Å²) in [6, 6.07) is 9.72. The molecule has 0 aromatic heterocycles. The van der Waals surface area contributed by atoms with Crippen molar-refractivity contribution in [1.82, 2.24) is 15.5 Å². The molecule has 27 heavy (non-hydrogen) atoms. The molecule has 1 atom stereocenters. The molecule has 0 bridgehead atoms. The maximum absolute atomic E-state index is 12.3. The van der Waals surface area contributed by atoms with Crippen molar-refractivity contribution >= 4 is 12.1 Å². The van der Waals surface area contributed by atoms with Crippen molar-refractivity contribution in [2.75, 3.05) is 20.1 Å². The molecule has 1 aromatic carbocycles. The summed E-state index contributed by atoms with van der Waals surface area (Å²) in [6.45, 7) is 7.48. The van der Waals surface area contributed by atoms with Crippen LogP contribution < -0.4 is 10.6 Å². The molecule has 1 aliphatic rings. The van der Waals surface area contributed by atoms with Crippen LogP contribution >= 0.6 is 0 Å². The molecule has 2 N–H and O–H groups in total. The fraction of sp³-hybridized carbons (Fsp3) is 0.550. The zero-order valence-electron chi connectivity index (χ0n) is 16.6. The van der Waals surface area contributed by atoms with E-state index < -0.39 is 5.60 Å². The summed E-state index contributed by atoms with van der Waals surface area (Å²) in [4.78, 5) is 18.3. The number of piperidine rings is 1. The largest absolute Gasteiger partial charge is 0.444 e. The molecular weight excluding hydrogens is 342 g/mol. The van der Waals surface area contributed by atoms with E-state index in [0.717, 1.165) is 18.4 Å². The van der Waals surface area contributed by atoms with Crippen LogP contribution in [0.25, 0.3) is 0 Å². The molecule has 1 aliphatic heterocycles. The number of amides is 1. The van der Waals surface area contributed by atoms with E-state index in [9.17, 15) is 4.79 Å². The normalized spacial score (nSPS) is 17.8. The van der Waals surface area contributed by atoms with Crippen molar-refractivity contribution in [1.29, 1.82) is 5.26 Å². The summed E-state index contributed by atoms with van der Waals surface area (Å²) < 4.78 is 5.47. The molecule has 7 nitrogen and oxygen atoms in total. The highest BCUT2D eigenvalue weighted by atomic mass is 16.6. The SMILES string of the molecule is CN=C(NCc1cccc(C#N)c1)NC1CCCN(C(=O)OC(C)(C)C)C1. The lowest BCUT2D eigenvalue weighted by Gasteiger charge is -2.35. The molecule has 0 aliphatic carbocycles. The van der Waals surface area contributed by atoms with Crippen LogP contribution in [0.4, 0.5) is 4.79 Å². The van der Waals surface area contributed by atoms with Gasteiger partial charge in [0.15, 0.2) is 5.96 Å². The highest BCUT2D eigenvalue weighted by Crippen LogP contribution is 2.15. The summed E-state index contributed by atoms with van der Waals surface area (Å²) in [5, 5.41) is 15.6. The zero-order chi connectivity index (χ0) is 19.9. The van der Waals surface area contributed by atoms with Gasteiger partial charge in [0.25, 0.3) is 0 Å². The van der Waals surface area contributed by atoms with E-state index in [1.807, 2.05) is 39.0 Å². The van der Waals surface area contributed by atoms with Crippen molar-refractivity contribution in [3.8, 4) is 6.07 Å². The van der Waals surface area contributed by atoms with Gasteiger partial charge >= 0.3 is 6.09 Å². The summed E-state index contributed by atoms with van der Waals surface area (Å²) in [7, 11) is 1.72. The second-order valence-corrected chi connectivity index (χ2v) is 7.65. The van der Waals surface area contributed by atoms with Crippen LogP contribution in [-0.2, 0) is 11.3 Å². The molecule has 0 saturated carbocycles. The summed E-state index contributed by atoms with van der Waals surface area (Å²) in [5.74, 6) is 0.674. The van der Waals surface area contributed by atoms with E-state index in [4.69, 9.17) is 10.00 Å². The smallest absolute Gasteiger partial charge is 0.410 e. The fourth-order valence-corrected chi connectivity index (χ4v) is 2.91. The number of benzene rings is 1. The molecule has 7 heteroatoms. The Hall–Kier alpha value is -2.75. The number of ether oxygens (including phenoxy) is 1. The molecule has 1 aromatic rings. The molecule has 0 radical (unpaired) electrons. The van der Waals surface area contributed by atoms with Gasteiger partial charge in [-0.15, -0.1) is 0 Å². The number of guanidine groups is 1. The molecule has 1 amide bonds. The van der Waals surface area contributed by atoms with E-state index in [0.29, 0.717) is 31.2 Å². The first-order valence-electron chi connectivity index (χ1n) is 9.25. The maximum Gasteiger partial charge on any atom is 0.410 e. The summed E-state index contributed by atoms with van der Waals surface area (Å²) in [6.07, 6.45) is 1.60. The Morgan fingerprint density at radius 2 is 2.22 bits per heavy atom. The molecule has 146 valence electrons. The minimum Gasteiger partial charge on any atom is -0.444 e. The molecule has 1 heterocycles. The quantitative estimate of drug-likeness (QED) is 0.630. The molecule has 0 spiro atoms. The number of nitrogens with one attached hydrogen (secondary N) is 2. The first kappa shape index (κ1) is 20.6. The van der Waals surface area contributed by atoms with Crippen LogP contribution in [0.2, 0.25) is 0 Å². The molecule has 1 saturated heterocycles. The number of nitriles is 1. The van der Waals surface area contributed by atoms with Crippen molar-refractivity contribution in [3.63, 3.8) is 0 Å². The third-order valence-corrected chi connectivity index (χ3v) is 4.15. The average molecular weight is 371 g/mol. The van der Waals surface area contributed by atoms with Gasteiger partial charge in [-0.2, -0.15) is 5.26 Å². The molecule has 1 unspecified atom stereocenters. The first-order chi connectivity index (χ1) is 12.8. The van der Waals surface area contributed by atoms with Gasteiger partial charge in [0.1, 0.15) is 5.60 Å². The molecule has 1 fully saturated rings. The number of nitrogens with zero attached hydrogens (tertiary/aromatic N) is 3. The number of rotatable bonds is 3. The predicted molar refractivity (Wildman–Crippen MR) is 105 cm³/mol. The first-order valence-corrected chi connectivity index (χ1v) is 9.25. The van der Waals surface area contributed by atoms with Gasteiger partial charge in [-0.1, -0.05) is 12.1 Å². The number of hydrogen-bond donors (Lipinski definition) is 2. The van der Waals surface area contributed by atoms with Crippen LogP contribution in [0.5, 0.6) is 0 Å². The Morgan fingerprint density at radius 1 is 1.44 bits per heavy atom. The fourth-order valence-electron chi connectivity index (χ4n) is 2.91. The van der Waals surface area contributed by atoms with E-state index in [2.05, 4.69) is 21.7 Å². The number of likely N-dealkylation sites (tertiary alicyclic amines) is 1. The second kappa shape index (κ2) is 9.26. The predicted octanol–water partition coefficient (Wildman–Crippen LogP) is 2.62. The van der Waals surface area contributed by atoms with E-state index in [1.54, 1.807) is 18.0 Å². The van der Waals surface area contributed by atoms with Gasteiger partial charge in [-0.3, -0.25) is 4.99 Å². The van der Waals surface area contributed by atoms with E-state index in [1.165, 1.54) is 0 Å². The van der Waals surface area contributed by atoms with Crippen molar-refractivity contribution < 1.29 is 9.53 Å². The third-order valence-electron chi connectivity index (χ3n) is 4.15. The van der Waals surface area contributed by atoms with Crippen LogP contribution in [-0.4, -0.2) is 48.7 Å². The van der Waals surface area contributed by atoms with Gasteiger partial charge in [-0.25, -0.2) is 4.79 Å². The number of carbonyl (C=O) groups excluding carboxylic acids is 1. The number of carbonyl (C=O) groups is 1. The standard InChI is InChI=1S/C20H29N5O2/c1-20(2,3)27-19(26)25-10-6-9-17(14-25)24-18(22-4)23-13-16-8-5-7-15(11-16)12-21/h5,7-8,11,17H,6,9-10,13-14H2,1-4H3,(H2,22,23,24). The number of aliphatic imine (C=N–C) groups is 1. The maximum atomic E-state index is 12.3. The van der Waals surface area contributed by atoms with E-state index in [-0.39, 0.29) is 12.1 Å². The summed E-state index contributed by atoms with van der Waals surface area (Å²) in [5.41, 5.74) is 1.15. The Morgan fingerprint density at radius 3 is 2.89 bits per heavy atom. The van der Waals surface area contributed by atoms with Crippen LogP contribution in [0, 0.1) is 11.3 Å². The van der Waals surface area contributed by atoms with Gasteiger partial charge in [-0.05, 0) is 51.3 Å². The molecular formula is C20H29N5O2. The minimum absolute atomic E-state index is 0.114. The topological polar surface area (TPSA) is 89.8 Å². The van der Waals surface area contributed by atoms with Gasteiger partial charge in [0.2, 0.25) is 0 Å². The second-order valence-electron chi connectivity index (χ2n) is 7.65. The van der Waals surface area contributed by atoms with Crippen molar-refractivity contribution in [3.05, 3.63) is 35.4 Å². The van der Waals surface area contributed by atoms with E-state index >= 15 is 0 Å². The minimum atomic E-state index is -0.493. The van der Waals surface area contributed by atoms with Gasteiger partial charge in [0.05, 0.1) is 11.6 Å².